The highest BCUT2D eigenvalue weighted by Crippen LogP contribution is 2.42. The number of halogens is 1. The molecule has 0 bridgehead atoms. The van der Waals surface area contributed by atoms with Gasteiger partial charge in [-0.05, 0) is 30.4 Å². The number of nitrogens with zero attached hydrogens (tertiary/aromatic N) is 3. The molecule has 0 aliphatic heterocycles. The molecule has 0 spiro atoms. The molecule has 0 radical (unpaired) electrons. The molecule has 7 nitrogen and oxygen atoms in total. The molecule has 0 unspecified atom stereocenters. The van der Waals surface area contributed by atoms with E-state index in [-0.39, 0.29) is 17.3 Å². The lowest BCUT2D eigenvalue weighted by Gasteiger charge is -2.13. The number of nitrogen functional groups attached to an aromatic ring is 1. The van der Waals surface area contributed by atoms with Crippen molar-refractivity contribution in [3.05, 3.63) is 54.5 Å². The van der Waals surface area contributed by atoms with Crippen molar-refractivity contribution >= 4 is 33.2 Å². The van der Waals surface area contributed by atoms with Crippen LogP contribution in [0.15, 0.2) is 48.7 Å². The number of aromatic hydroxyl groups is 1. The second-order valence-electron chi connectivity index (χ2n) is 6.79. The normalized spacial score (nSPS) is 12.8. The lowest BCUT2D eigenvalue weighted by Crippen LogP contribution is -1.99. The van der Waals surface area contributed by atoms with Crippen molar-refractivity contribution in [3.63, 3.8) is 0 Å². The molecule has 150 valence electrons. The maximum atomic E-state index is 15.0. The summed E-state index contributed by atoms with van der Waals surface area (Å²) >= 11 is 0. The molecule has 0 saturated heterocycles. The molecule has 3 aromatic heterocycles. The van der Waals surface area contributed by atoms with Gasteiger partial charge in [-0.1, -0.05) is 6.08 Å². The first-order chi connectivity index (χ1) is 14.5. The minimum absolute atomic E-state index is 0.0120. The van der Waals surface area contributed by atoms with Gasteiger partial charge in [0.05, 0.1) is 36.3 Å². The molecule has 3 N–H and O–H groups in total. The smallest absolute Gasteiger partial charge is 0.224 e. The molecule has 0 saturated carbocycles. The van der Waals surface area contributed by atoms with Crippen molar-refractivity contribution < 1.29 is 19.0 Å². The zero-order chi connectivity index (χ0) is 21.0. The van der Waals surface area contributed by atoms with E-state index in [2.05, 4.69) is 9.97 Å². The molecular formula is C22H17FN4O3. The number of rotatable bonds is 4. The van der Waals surface area contributed by atoms with Gasteiger partial charge in [-0.25, -0.2) is 9.37 Å². The summed E-state index contributed by atoms with van der Waals surface area (Å²) in [5.41, 5.74) is 8.95. The topological polar surface area (TPSA) is 95.4 Å². The van der Waals surface area contributed by atoms with Crippen molar-refractivity contribution in [2.24, 2.45) is 0 Å². The SMILES string of the molecule is COc1ccc(-c2c(F)ccc3c(N)c4c(O)n(C5=CC=C5)cc4nc23)c(OC)n1. The van der Waals surface area contributed by atoms with Crippen molar-refractivity contribution in [1.29, 1.82) is 0 Å². The van der Waals surface area contributed by atoms with Crippen LogP contribution in [0, 0.1) is 5.82 Å². The van der Waals surface area contributed by atoms with Gasteiger partial charge in [0.1, 0.15) is 5.82 Å². The molecule has 1 aliphatic carbocycles. The molecule has 0 amide bonds. The van der Waals surface area contributed by atoms with Crippen molar-refractivity contribution in [2.45, 2.75) is 0 Å². The van der Waals surface area contributed by atoms with Crippen LogP contribution in [0.3, 0.4) is 0 Å². The summed E-state index contributed by atoms with van der Waals surface area (Å²) < 4.78 is 27.1. The highest BCUT2D eigenvalue weighted by atomic mass is 19.1. The third-order valence-electron chi connectivity index (χ3n) is 5.20. The maximum Gasteiger partial charge on any atom is 0.224 e. The van der Waals surface area contributed by atoms with Gasteiger partial charge in [0.15, 0.2) is 0 Å². The van der Waals surface area contributed by atoms with Crippen LogP contribution in [0.5, 0.6) is 17.6 Å². The van der Waals surface area contributed by atoms with Crippen LogP contribution < -0.4 is 15.2 Å². The van der Waals surface area contributed by atoms with E-state index in [1.54, 1.807) is 29.0 Å². The third kappa shape index (κ3) is 2.43. The molecule has 4 aromatic rings. The van der Waals surface area contributed by atoms with E-state index in [0.717, 1.165) is 5.70 Å². The number of hydrogen-bond donors (Lipinski definition) is 2. The van der Waals surface area contributed by atoms with Crippen LogP contribution in [0.4, 0.5) is 10.1 Å². The average Bonchev–Trinajstić information content (AvgIpc) is 3.02. The Hall–Kier alpha value is -4.07. The summed E-state index contributed by atoms with van der Waals surface area (Å²) in [5.74, 6) is 0.0377. The number of ether oxygens (including phenoxy) is 2. The fourth-order valence-corrected chi connectivity index (χ4v) is 3.66. The van der Waals surface area contributed by atoms with Gasteiger partial charge in [0.25, 0.3) is 0 Å². The molecule has 8 heteroatoms. The van der Waals surface area contributed by atoms with Crippen molar-refractivity contribution in [2.75, 3.05) is 20.0 Å². The first kappa shape index (κ1) is 18.0. The van der Waals surface area contributed by atoms with Gasteiger partial charge in [0.2, 0.25) is 17.6 Å². The quantitative estimate of drug-likeness (QED) is 0.532. The number of pyridine rings is 2. The lowest BCUT2D eigenvalue weighted by molar-refractivity contribution is 0.365. The van der Waals surface area contributed by atoms with Crippen LogP contribution in [-0.2, 0) is 0 Å². The standard InChI is InChI=1S/C22H17FN4O3/c1-29-16-9-7-12(21(26-16)30-2)17-14(23)8-6-13-19(24)18-15(25-20(13)17)10-27(22(18)28)11-4-3-5-11/h3-10,28H,24H2,1-2H3. The third-order valence-corrected chi connectivity index (χ3v) is 5.20. The van der Waals surface area contributed by atoms with Crippen LogP contribution in [0.2, 0.25) is 0 Å². The number of hydrogen-bond acceptors (Lipinski definition) is 6. The highest BCUT2D eigenvalue weighted by Gasteiger charge is 2.23. The van der Waals surface area contributed by atoms with Crippen LogP contribution in [-0.4, -0.2) is 33.9 Å². The van der Waals surface area contributed by atoms with Gasteiger partial charge in [0, 0.05) is 34.5 Å². The number of allylic oxidation sites excluding steroid dienone is 4. The van der Waals surface area contributed by atoms with Crippen LogP contribution in [0.1, 0.15) is 0 Å². The van der Waals surface area contributed by atoms with Crippen molar-refractivity contribution in [1.82, 2.24) is 14.5 Å². The van der Waals surface area contributed by atoms with Gasteiger partial charge < -0.3 is 20.3 Å². The van der Waals surface area contributed by atoms with Crippen LogP contribution >= 0.6 is 0 Å². The Morgan fingerprint density at radius 1 is 1.10 bits per heavy atom. The molecule has 0 fully saturated rings. The molecule has 1 aromatic carbocycles. The van der Waals surface area contributed by atoms with E-state index in [9.17, 15) is 5.11 Å². The number of nitrogens with two attached hydrogens (primary N) is 1. The predicted octanol–water partition coefficient (Wildman–Crippen LogP) is 4.11. The lowest BCUT2D eigenvalue weighted by atomic mass is 10.00. The number of methoxy groups -OCH3 is 2. The first-order valence-corrected chi connectivity index (χ1v) is 9.13. The molecule has 5 rings (SSSR count). The summed E-state index contributed by atoms with van der Waals surface area (Å²) in [7, 11) is 2.94. The Morgan fingerprint density at radius 2 is 1.90 bits per heavy atom. The summed E-state index contributed by atoms with van der Waals surface area (Å²) in [6, 6.07) is 6.15. The van der Waals surface area contributed by atoms with Crippen LogP contribution in [0.25, 0.3) is 38.6 Å². The van der Waals surface area contributed by atoms with E-state index < -0.39 is 5.82 Å². The van der Waals surface area contributed by atoms with E-state index in [4.69, 9.17) is 15.2 Å². The monoisotopic (exact) mass is 404 g/mol. The Bertz CT molecular complexity index is 1410. The van der Waals surface area contributed by atoms with E-state index >= 15 is 4.39 Å². The molecule has 1 aliphatic rings. The summed E-state index contributed by atoms with van der Waals surface area (Å²) in [6.45, 7) is 0. The van der Waals surface area contributed by atoms with E-state index in [1.807, 2.05) is 18.2 Å². The van der Waals surface area contributed by atoms with E-state index in [0.29, 0.717) is 38.9 Å². The van der Waals surface area contributed by atoms with Gasteiger partial charge in [-0.3, -0.25) is 4.57 Å². The second-order valence-corrected chi connectivity index (χ2v) is 6.79. The summed E-state index contributed by atoms with van der Waals surface area (Å²) in [5, 5.41) is 11.6. The van der Waals surface area contributed by atoms with Gasteiger partial charge in [-0.15, -0.1) is 0 Å². The summed E-state index contributed by atoms with van der Waals surface area (Å²) in [4.78, 5) is 8.90. The average molecular weight is 404 g/mol. The number of benzene rings is 1. The minimum atomic E-state index is -0.493. The molecule has 0 atom stereocenters. The Balaban J connectivity index is 1.85. The predicted molar refractivity (Wildman–Crippen MR) is 113 cm³/mol. The first-order valence-electron chi connectivity index (χ1n) is 9.13. The molecule has 3 heterocycles. The fourth-order valence-electron chi connectivity index (χ4n) is 3.66. The van der Waals surface area contributed by atoms with E-state index in [1.165, 1.54) is 20.3 Å². The molecular weight excluding hydrogens is 387 g/mol. The number of aromatic nitrogens is 3. The summed E-state index contributed by atoms with van der Waals surface area (Å²) in [6.07, 6.45) is 7.25. The van der Waals surface area contributed by atoms with Gasteiger partial charge >= 0.3 is 0 Å². The Morgan fingerprint density at radius 3 is 2.57 bits per heavy atom. The number of anilines is 1. The van der Waals surface area contributed by atoms with Crippen molar-refractivity contribution in [3.8, 4) is 28.8 Å². The zero-order valence-electron chi connectivity index (χ0n) is 16.2. The Kier molecular flexibility index (Phi) is 3.89. The highest BCUT2D eigenvalue weighted by molar-refractivity contribution is 6.13. The van der Waals surface area contributed by atoms with Gasteiger partial charge in [-0.2, -0.15) is 4.98 Å². The maximum absolute atomic E-state index is 15.0. The molecule has 30 heavy (non-hydrogen) atoms. The zero-order valence-corrected chi connectivity index (χ0v) is 16.2. The Labute approximate surface area is 170 Å². The fraction of sp³-hybridized carbons (Fsp3) is 0.0909. The second kappa shape index (κ2) is 6.48. The largest absolute Gasteiger partial charge is 0.494 e. The number of fused-ring (bicyclic) bond motifs is 2. The minimum Gasteiger partial charge on any atom is -0.494 e.